The van der Waals surface area contributed by atoms with Crippen molar-refractivity contribution in [1.29, 1.82) is 0 Å². The molecule has 2 rings (SSSR count). The summed E-state index contributed by atoms with van der Waals surface area (Å²) in [5, 5.41) is 8.08. The number of amides is 1. The maximum atomic E-state index is 11.8. The molecule has 0 unspecified atom stereocenters. The van der Waals surface area contributed by atoms with Crippen LogP contribution >= 0.6 is 11.3 Å². The second-order valence-electron chi connectivity index (χ2n) is 3.62. The molecule has 0 aliphatic rings. The molecule has 0 aliphatic heterocycles. The van der Waals surface area contributed by atoms with Crippen LogP contribution in [-0.4, -0.2) is 22.6 Å². The molecule has 7 heteroatoms. The van der Waals surface area contributed by atoms with E-state index in [1.165, 1.54) is 11.3 Å². The molecule has 0 spiro atoms. The van der Waals surface area contributed by atoms with E-state index in [-0.39, 0.29) is 12.5 Å². The number of hydrogen-bond acceptors (Lipinski definition) is 6. The minimum atomic E-state index is -0.201. The molecule has 3 N–H and O–H groups in total. The number of carbonyl (C=O) groups is 1. The first-order valence-electron chi connectivity index (χ1n) is 5.54. The maximum absolute atomic E-state index is 11.8. The quantitative estimate of drug-likeness (QED) is 0.804. The summed E-state index contributed by atoms with van der Waals surface area (Å²) in [7, 11) is 0. The molecule has 0 atom stereocenters. The Labute approximate surface area is 114 Å². The molecule has 2 aromatic rings. The molecule has 0 saturated heterocycles. The van der Waals surface area contributed by atoms with Gasteiger partial charge >= 0.3 is 0 Å². The molecule has 6 nitrogen and oxygen atoms in total. The van der Waals surface area contributed by atoms with E-state index < -0.39 is 0 Å². The van der Waals surface area contributed by atoms with Gasteiger partial charge in [0.1, 0.15) is 0 Å². The maximum Gasteiger partial charge on any atom is 0.252 e. The van der Waals surface area contributed by atoms with Gasteiger partial charge in [-0.2, -0.15) is 4.98 Å². The molecular formula is C12H12N4O2S. The Balaban J connectivity index is 1.94. The third-order valence-electron chi connectivity index (χ3n) is 2.15. The lowest BCUT2D eigenvalue weighted by Crippen LogP contribution is -2.22. The molecule has 98 valence electrons. The van der Waals surface area contributed by atoms with Crippen LogP contribution in [0.15, 0.2) is 16.0 Å². The highest BCUT2D eigenvalue weighted by Gasteiger charge is 2.09. The first-order chi connectivity index (χ1) is 9.19. The van der Waals surface area contributed by atoms with Crippen LogP contribution in [-0.2, 0) is 6.54 Å². The van der Waals surface area contributed by atoms with Crippen molar-refractivity contribution in [2.75, 3.05) is 6.54 Å². The van der Waals surface area contributed by atoms with E-state index in [4.69, 9.17) is 10.3 Å². The Bertz CT molecular complexity index is 635. The highest BCUT2D eigenvalue weighted by molar-refractivity contribution is 7.10. The van der Waals surface area contributed by atoms with E-state index in [2.05, 4.69) is 27.3 Å². The van der Waals surface area contributed by atoms with Gasteiger partial charge in [-0.25, -0.2) is 0 Å². The molecule has 2 aromatic heterocycles. The van der Waals surface area contributed by atoms with Crippen LogP contribution in [0.1, 0.15) is 27.0 Å². The Morgan fingerprint density at radius 2 is 2.47 bits per heavy atom. The van der Waals surface area contributed by atoms with Gasteiger partial charge in [0.05, 0.1) is 23.5 Å². The molecule has 0 aliphatic carbocycles. The summed E-state index contributed by atoms with van der Waals surface area (Å²) in [6.07, 6.45) is 0. The molecule has 19 heavy (non-hydrogen) atoms. The zero-order valence-corrected chi connectivity index (χ0v) is 11.1. The van der Waals surface area contributed by atoms with Gasteiger partial charge in [-0.15, -0.1) is 11.3 Å². The number of hydrogen-bond donors (Lipinski definition) is 2. The van der Waals surface area contributed by atoms with Gasteiger partial charge in [0, 0.05) is 5.38 Å². The number of nitrogens with one attached hydrogen (secondary N) is 1. The average molecular weight is 276 g/mol. The summed E-state index contributed by atoms with van der Waals surface area (Å²) < 4.78 is 4.90. The third kappa shape index (κ3) is 3.64. The molecule has 1 amide bonds. The van der Waals surface area contributed by atoms with Gasteiger partial charge in [-0.05, 0) is 13.0 Å². The molecule has 0 aromatic carbocycles. The Hall–Kier alpha value is -2.17. The van der Waals surface area contributed by atoms with Crippen LogP contribution in [0.5, 0.6) is 0 Å². The van der Waals surface area contributed by atoms with Crippen LogP contribution in [0, 0.1) is 18.8 Å². The average Bonchev–Trinajstić information content (AvgIpc) is 3.02. The third-order valence-corrected chi connectivity index (χ3v) is 2.99. The summed E-state index contributed by atoms with van der Waals surface area (Å²) in [4.78, 5) is 16.7. The zero-order valence-electron chi connectivity index (χ0n) is 10.3. The van der Waals surface area contributed by atoms with Gasteiger partial charge < -0.3 is 15.6 Å². The summed E-state index contributed by atoms with van der Waals surface area (Å²) in [6, 6.07) is 1.72. The number of nitrogens with two attached hydrogens (primary N) is 1. The summed E-state index contributed by atoms with van der Waals surface area (Å²) >= 11 is 1.40. The Morgan fingerprint density at radius 1 is 1.63 bits per heavy atom. The molecule has 0 bridgehead atoms. The van der Waals surface area contributed by atoms with E-state index in [9.17, 15) is 4.79 Å². The van der Waals surface area contributed by atoms with Crippen molar-refractivity contribution in [3.8, 4) is 11.8 Å². The van der Waals surface area contributed by atoms with E-state index >= 15 is 0 Å². The Morgan fingerprint density at radius 3 is 3.16 bits per heavy atom. The normalized spacial score (nSPS) is 9.79. The minimum absolute atomic E-state index is 0.201. The number of aromatic nitrogens is 2. The molecule has 0 radical (unpaired) electrons. The first kappa shape index (κ1) is 13.3. The van der Waals surface area contributed by atoms with Crippen molar-refractivity contribution in [1.82, 2.24) is 15.5 Å². The fourth-order valence-corrected chi connectivity index (χ4v) is 2.08. The largest absolute Gasteiger partial charge is 0.343 e. The fourth-order valence-electron chi connectivity index (χ4n) is 1.33. The van der Waals surface area contributed by atoms with E-state index in [1.807, 2.05) is 0 Å². The van der Waals surface area contributed by atoms with Crippen LogP contribution in [0.25, 0.3) is 0 Å². The lowest BCUT2D eigenvalue weighted by molar-refractivity contribution is 0.0946. The summed E-state index contributed by atoms with van der Waals surface area (Å²) in [5.41, 5.74) is 5.84. The van der Waals surface area contributed by atoms with Crippen molar-refractivity contribution in [2.24, 2.45) is 5.73 Å². The van der Waals surface area contributed by atoms with Crippen molar-refractivity contribution in [3.63, 3.8) is 0 Å². The van der Waals surface area contributed by atoms with Gasteiger partial charge in [0.15, 0.2) is 5.82 Å². The monoisotopic (exact) mass is 276 g/mol. The van der Waals surface area contributed by atoms with Crippen LogP contribution in [0.2, 0.25) is 0 Å². The van der Waals surface area contributed by atoms with Crippen molar-refractivity contribution < 1.29 is 9.32 Å². The molecule has 0 fully saturated rings. The summed E-state index contributed by atoms with van der Waals surface area (Å²) in [5.74, 6) is 6.34. The van der Waals surface area contributed by atoms with Crippen LogP contribution in [0.3, 0.4) is 0 Å². The highest BCUT2D eigenvalue weighted by atomic mass is 32.1. The SMILES string of the molecule is Cc1noc(CNC(=O)c2csc(C#CCN)c2)n1. The van der Waals surface area contributed by atoms with Crippen LogP contribution < -0.4 is 11.1 Å². The van der Waals surface area contributed by atoms with E-state index in [0.29, 0.717) is 23.8 Å². The lowest BCUT2D eigenvalue weighted by Gasteiger charge is -1.98. The van der Waals surface area contributed by atoms with E-state index in [1.54, 1.807) is 18.4 Å². The summed E-state index contributed by atoms with van der Waals surface area (Å²) in [6.45, 7) is 2.23. The van der Waals surface area contributed by atoms with Crippen molar-refractivity contribution in [3.05, 3.63) is 33.6 Å². The predicted molar refractivity (Wildman–Crippen MR) is 70.5 cm³/mol. The standard InChI is InChI=1S/C12H12N4O2S/c1-8-15-11(18-16-8)6-14-12(17)9-5-10(19-7-9)3-2-4-13/h5,7H,4,6,13H2,1H3,(H,14,17). The zero-order chi connectivity index (χ0) is 13.7. The predicted octanol–water partition coefficient (Wildman–Crippen LogP) is 0.680. The van der Waals surface area contributed by atoms with Crippen molar-refractivity contribution in [2.45, 2.75) is 13.5 Å². The van der Waals surface area contributed by atoms with E-state index in [0.717, 1.165) is 4.88 Å². The lowest BCUT2D eigenvalue weighted by atomic mass is 10.3. The van der Waals surface area contributed by atoms with Gasteiger partial charge in [-0.3, -0.25) is 4.79 Å². The highest BCUT2D eigenvalue weighted by Crippen LogP contribution is 2.13. The van der Waals surface area contributed by atoms with Crippen LogP contribution in [0.4, 0.5) is 0 Å². The number of aryl methyl sites for hydroxylation is 1. The second-order valence-corrected chi connectivity index (χ2v) is 4.53. The van der Waals surface area contributed by atoms with Crippen molar-refractivity contribution >= 4 is 17.2 Å². The Kier molecular flexibility index (Phi) is 4.28. The smallest absolute Gasteiger partial charge is 0.252 e. The number of nitrogens with zero attached hydrogens (tertiary/aromatic N) is 2. The minimum Gasteiger partial charge on any atom is -0.343 e. The number of rotatable bonds is 3. The molecule has 2 heterocycles. The second kappa shape index (κ2) is 6.13. The topological polar surface area (TPSA) is 94.0 Å². The number of thiophene rings is 1. The molecule has 0 saturated carbocycles. The van der Waals surface area contributed by atoms with Gasteiger partial charge in [0.25, 0.3) is 5.91 Å². The number of carbonyl (C=O) groups excluding carboxylic acids is 1. The fraction of sp³-hybridized carbons (Fsp3) is 0.250. The molecular weight excluding hydrogens is 264 g/mol. The van der Waals surface area contributed by atoms with Gasteiger partial charge in [-0.1, -0.05) is 17.0 Å². The first-order valence-corrected chi connectivity index (χ1v) is 6.42. The van der Waals surface area contributed by atoms with Gasteiger partial charge in [0.2, 0.25) is 5.89 Å².